The van der Waals surface area contributed by atoms with Crippen molar-refractivity contribution in [3.05, 3.63) is 28.6 Å². The third-order valence-corrected chi connectivity index (χ3v) is 2.42. The van der Waals surface area contributed by atoms with Gasteiger partial charge in [-0.1, -0.05) is 0 Å². The summed E-state index contributed by atoms with van der Waals surface area (Å²) in [6.07, 6.45) is 2.01. The molecule has 1 atom stereocenters. The number of rotatable bonds is 4. The minimum absolute atomic E-state index is 0.134. The third-order valence-electron chi connectivity index (χ3n) is 2.14. The lowest BCUT2D eigenvalue weighted by atomic mass is 10.2. The molecule has 0 bridgehead atoms. The maximum Gasteiger partial charge on any atom is 0.348 e. The first-order valence-corrected chi connectivity index (χ1v) is 5.19. The summed E-state index contributed by atoms with van der Waals surface area (Å²) < 4.78 is 6.27. The fourth-order valence-electron chi connectivity index (χ4n) is 1.43. The predicted molar refractivity (Wildman–Crippen MR) is 58.8 cm³/mol. The van der Waals surface area contributed by atoms with Gasteiger partial charge in [0, 0.05) is 25.3 Å². The van der Waals surface area contributed by atoms with E-state index >= 15 is 0 Å². The Bertz CT molecular complexity index is 536. The molecule has 1 N–H and O–H groups in total. The number of aromatic amines is 1. The van der Waals surface area contributed by atoms with E-state index in [0.717, 1.165) is 5.69 Å². The Morgan fingerprint density at radius 2 is 2.50 bits per heavy atom. The lowest BCUT2D eigenvalue weighted by Gasteiger charge is -2.06. The normalized spacial score (nSPS) is 13.1. The fraction of sp³-hybridized carbons (Fsp3) is 0.444. The van der Waals surface area contributed by atoms with Crippen LogP contribution in [0.1, 0.15) is 5.69 Å². The molecule has 2 rings (SSSR count). The van der Waals surface area contributed by atoms with Crippen LogP contribution in [0.3, 0.4) is 0 Å². The molecule has 2 aromatic rings. The molecule has 0 saturated carbocycles. The summed E-state index contributed by atoms with van der Waals surface area (Å²) in [7, 11) is 1.60. The molecule has 0 aliphatic heterocycles. The molecule has 0 aromatic carbocycles. The van der Waals surface area contributed by atoms with Crippen molar-refractivity contribution in [3.8, 4) is 0 Å². The summed E-state index contributed by atoms with van der Waals surface area (Å²) in [5.74, 6) is 0. The van der Waals surface area contributed by atoms with Crippen LogP contribution in [0.25, 0.3) is 5.65 Å². The first-order chi connectivity index (χ1) is 7.70. The van der Waals surface area contributed by atoms with Crippen LogP contribution in [-0.2, 0) is 11.2 Å². The van der Waals surface area contributed by atoms with Crippen molar-refractivity contribution in [2.75, 3.05) is 13.7 Å². The average Bonchev–Trinajstić information content (AvgIpc) is 2.60. The van der Waals surface area contributed by atoms with Gasteiger partial charge in [0.25, 0.3) is 0 Å². The van der Waals surface area contributed by atoms with Gasteiger partial charge in [-0.2, -0.15) is 5.10 Å². The molecule has 0 radical (unpaired) electrons. The quantitative estimate of drug-likeness (QED) is 0.779. The van der Waals surface area contributed by atoms with E-state index in [1.807, 2.05) is 0 Å². The van der Waals surface area contributed by atoms with Gasteiger partial charge < -0.3 is 4.74 Å². The molecule has 0 aliphatic carbocycles. The maximum atomic E-state index is 11.2. The number of fused-ring (bicyclic) bond motifs is 1. The van der Waals surface area contributed by atoms with Crippen LogP contribution in [0.15, 0.2) is 17.2 Å². The summed E-state index contributed by atoms with van der Waals surface area (Å²) in [4.78, 5) is 15.3. The Morgan fingerprint density at radius 1 is 1.69 bits per heavy atom. The van der Waals surface area contributed by atoms with E-state index in [9.17, 15) is 4.79 Å². The smallest absolute Gasteiger partial charge is 0.348 e. The van der Waals surface area contributed by atoms with Gasteiger partial charge in [-0.15, -0.1) is 11.6 Å². The minimum Gasteiger partial charge on any atom is -0.383 e. The third kappa shape index (κ3) is 2.23. The second kappa shape index (κ2) is 4.63. The second-order valence-corrected chi connectivity index (χ2v) is 4.01. The van der Waals surface area contributed by atoms with Crippen molar-refractivity contribution in [1.29, 1.82) is 0 Å². The topological polar surface area (TPSA) is 72.3 Å². The average molecular weight is 243 g/mol. The van der Waals surface area contributed by atoms with Crippen LogP contribution in [-0.4, -0.2) is 38.7 Å². The van der Waals surface area contributed by atoms with Gasteiger partial charge >= 0.3 is 5.69 Å². The van der Waals surface area contributed by atoms with Gasteiger partial charge in [0.15, 0.2) is 5.65 Å². The SMILES string of the molecule is COCC(Cl)Cc1cc2n[nH]c(=O)n2cn1. The fourth-order valence-corrected chi connectivity index (χ4v) is 1.71. The van der Waals surface area contributed by atoms with Crippen LogP contribution < -0.4 is 5.69 Å². The Balaban J connectivity index is 2.23. The number of nitrogens with zero attached hydrogens (tertiary/aromatic N) is 3. The van der Waals surface area contributed by atoms with Gasteiger partial charge in [-0.25, -0.2) is 19.3 Å². The van der Waals surface area contributed by atoms with E-state index in [1.165, 1.54) is 10.7 Å². The van der Waals surface area contributed by atoms with Crippen LogP contribution in [0.4, 0.5) is 0 Å². The van der Waals surface area contributed by atoms with Crippen LogP contribution in [0, 0.1) is 0 Å². The molecule has 86 valence electrons. The van der Waals surface area contributed by atoms with E-state index in [-0.39, 0.29) is 11.1 Å². The highest BCUT2D eigenvalue weighted by Crippen LogP contribution is 2.07. The first kappa shape index (κ1) is 11.1. The molecule has 6 nitrogen and oxygen atoms in total. The summed E-state index contributed by atoms with van der Waals surface area (Å²) in [5.41, 5.74) is 1.02. The zero-order valence-electron chi connectivity index (χ0n) is 8.68. The van der Waals surface area contributed by atoms with Gasteiger partial charge in [-0.05, 0) is 0 Å². The van der Waals surface area contributed by atoms with Crippen molar-refractivity contribution >= 4 is 17.2 Å². The van der Waals surface area contributed by atoms with E-state index in [0.29, 0.717) is 18.7 Å². The molecule has 1 unspecified atom stereocenters. The zero-order chi connectivity index (χ0) is 11.5. The van der Waals surface area contributed by atoms with E-state index < -0.39 is 0 Å². The van der Waals surface area contributed by atoms with Gasteiger partial charge in [0.2, 0.25) is 0 Å². The molecular formula is C9H11ClN4O2. The Labute approximate surface area is 96.2 Å². The number of H-pyrrole nitrogens is 1. The summed E-state index contributed by atoms with van der Waals surface area (Å²) >= 11 is 6.01. The van der Waals surface area contributed by atoms with Crippen molar-refractivity contribution in [2.45, 2.75) is 11.8 Å². The van der Waals surface area contributed by atoms with E-state index in [1.54, 1.807) is 13.2 Å². The lowest BCUT2D eigenvalue weighted by Crippen LogP contribution is -2.13. The van der Waals surface area contributed by atoms with Crippen LogP contribution >= 0.6 is 11.6 Å². The minimum atomic E-state index is -0.298. The van der Waals surface area contributed by atoms with Crippen LogP contribution in [0.2, 0.25) is 0 Å². The first-order valence-electron chi connectivity index (χ1n) is 4.75. The second-order valence-electron chi connectivity index (χ2n) is 3.39. The number of hydrogen-bond acceptors (Lipinski definition) is 4. The number of aromatic nitrogens is 4. The molecule has 0 saturated heterocycles. The summed E-state index contributed by atoms with van der Waals surface area (Å²) in [6, 6.07) is 1.73. The van der Waals surface area contributed by atoms with Gasteiger partial charge in [-0.3, -0.25) is 0 Å². The molecule has 2 heterocycles. The van der Waals surface area contributed by atoms with Crippen molar-refractivity contribution in [3.63, 3.8) is 0 Å². The highest BCUT2D eigenvalue weighted by molar-refractivity contribution is 6.20. The molecule has 0 spiro atoms. The number of hydrogen-bond donors (Lipinski definition) is 1. The Hall–Kier alpha value is -1.40. The highest BCUT2D eigenvalue weighted by Gasteiger charge is 2.08. The number of ether oxygens (including phenoxy) is 1. The monoisotopic (exact) mass is 242 g/mol. The molecule has 0 fully saturated rings. The van der Waals surface area contributed by atoms with Crippen molar-refractivity contribution in [1.82, 2.24) is 19.6 Å². The molecule has 0 aliphatic rings. The van der Waals surface area contributed by atoms with Crippen molar-refractivity contribution < 1.29 is 4.74 Å². The largest absolute Gasteiger partial charge is 0.383 e. The number of nitrogens with one attached hydrogen (secondary N) is 1. The Kier molecular flexibility index (Phi) is 3.21. The van der Waals surface area contributed by atoms with Crippen molar-refractivity contribution in [2.24, 2.45) is 0 Å². The molecule has 7 heteroatoms. The zero-order valence-corrected chi connectivity index (χ0v) is 9.44. The number of methoxy groups -OCH3 is 1. The van der Waals surface area contributed by atoms with E-state index in [2.05, 4.69) is 15.2 Å². The summed E-state index contributed by atoms with van der Waals surface area (Å²) in [6.45, 7) is 0.460. The van der Waals surface area contributed by atoms with Gasteiger partial charge in [0.05, 0.1) is 12.0 Å². The highest BCUT2D eigenvalue weighted by atomic mass is 35.5. The molecule has 16 heavy (non-hydrogen) atoms. The molecular weight excluding hydrogens is 232 g/mol. The number of alkyl halides is 1. The van der Waals surface area contributed by atoms with Gasteiger partial charge in [0.1, 0.15) is 6.33 Å². The number of halogens is 1. The molecule has 2 aromatic heterocycles. The standard InChI is InChI=1S/C9H11ClN4O2/c1-16-4-6(10)2-7-3-8-12-13-9(15)14(8)5-11-7/h3,5-6H,2,4H2,1H3,(H,13,15). The summed E-state index contributed by atoms with van der Waals surface area (Å²) in [5, 5.41) is 6.05. The van der Waals surface area contributed by atoms with Crippen LogP contribution in [0.5, 0.6) is 0 Å². The van der Waals surface area contributed by atoms with E-state index in [4.69, 9.17) is 16.3 Å². The molecule has 0 amide bonds. The lowest BCUT2D eigenvalue weighted by molar-refractivity contribution is 0.197. The Morgan fingerprint density at radius 3 is 3.25 bits per heavy atom. The predicted octanol–water partition coefficient (Wildman–Crippen LogP) is 0.214. The maximum absolute atomic E-state index is 11.2.